The van der Waals surface area contributed by atoms with Crippen molar-refractivity contribution in [2.75, 3.05) is 26.7 Å². The molecular weight excluding hydrogens is 228 g/mol. The average Bonchev–Trinajstić information content (AvgIpc) is 2.55. The zero-order valence-electron chi connectivity index (χ0n) is 12.2. The fraction of sp³-hybridized carbons (Fsp3) is 0.929. The number of esters is 1. The molecular formula is C14H28N2O2. The Bertz CT molecular complexity index is 273. The Kier molecular flexibility index (Phi) is 5.60. The fourth-order valence-electron chi connectivity index (χ4n) is 2.83. The van der Waals surface area contributed by atoms with E-state index in [1.807, 2.05) is 0 Å². The van der Waals surface area contributed by atoms with E-state index in [0.29, 0.717) is 12.0 Å². The highest BCUT2D eigenvalue weighted by molar-refractivity contribution is 5.75. The van der Waals surface area contributed by atoms with Gasteiger partial charge in [-0.1, -0.05) is 20.8 Å². The lowest BCUT2D eigenvalue weighted by Crippen LogP contribution is -2.47. The highest BCUT2D eigenvalue weighted by atomic mass is 16.5. The molecule has 0 aliphatic carbocycles. The maximum Gasteiger partial charge on any atom is 0.324 e. The first-order valence-electron chi connectivity index (χ1n) is 6.92. The highest BCUT2D eigenvalue weighted by Gasteiger charge is 2.31. The summed E-state index contributed by atoms with van der Waals surface area (Å²) in [6.45, 7) is 9.13. The molecule has 4 heteroatoms. The van der Waals surface area contributed by atoms with E-state index in [-0.39, 0.29) is 12.0 Å². The molecule has 1 heterocycles. The molecule has 18 heavy (non-hydrogen) atoms. The van der Waals surface area contributed by atoms with E-state index < -0.39 is 0 Å². The monoisotopic (exact) mass is 256 g/mol. The van der Waals surface area contributed by atoms with Crippen molar-refractivity contribution in [3.05, 3.63) is 0 Å². The summed E-state index contributed by atoms with van der Waals surface area (Å²) in [7, 11) is 1.43. The Balaban J connectivity index is 2.63. The average molecular weight is 256 g/mol. The molecule has 1 fully saturated rings. The molecule has 0 aromatic heterocycles. The summed E-state index contributed by atoms with van der Waals surface area (Å²) in [5, 5.41) is 0. The van der Waals surface area contributed by atoms with Crippen molar-refractivity contribution in [1.29, 1.82) is 0 Å². The summed E-state index contributed by atoms with van der Waals surface area (Å²) in [6, 6.07) is -0.270. The van der Waals surface area contributed by atoms with Gasteiger partial charge >= 0.3 is 5.97 Å². The van der Waals surface area contributed by atoms with E-state index in [1.165, 1.54) is 13.5 Å². The van der Waals surface area contributed by atoms with Crippen molar-refractivity contribution < 1.29 is 9.53 Å². The zero-order chi connectivity index (χ0) is 13.8. The molecule has 4 nitrogen and oxygen atoms in total. The van der Waals surface area contributed by atoms with Gasteiger partial charge in [-0.3, -0.25) is 9.69 Å². The van der Waals surface area contributed by atoms with Gasteiger partial charge in [0.1, 0.15) is 6.04 Å². The number of ether oxygens (including phenoxy) is 1. The van der Waals surface area contributed by atoms with Gasteiger partial charge in [0.2, 0.25) is 0 Å². The van der Waals surface area contributed by atoms with Crippen LogP contribution in [0.5, 0.6) is 0 Å². The summed E-state index contributed by atoms with van der Waals surface area (Å²) in [5.41, 5.74) is 6.06. The Hall–Kier alpha value is -0.610. The molecule has 1 aliphatic heterocycles. The SMILES string of the molecule is COC(=O)C(CN)N1CCCC(C(C)(C)C)CC1. The second-order valence-corrected chi connectivity index (χ2v) is 6.30. The lowest BCUT2D eigenvalue weighted by Gasteiger charge is -2.30. The Morgan fingerprint density at radius 1 is 1.39 bits per heavy atom. The summed E-state index contributed by atoms with van der Waals surface area (Å²) in [4.78, 5) is 13.9. The smallest absolute Gasteiger partial charge is 0.324 e. The normalized spacial score (nSPS) is 24.4. The quantitative estimate of drug-likeness (QED) is 0.780. The first-order chi connectivity index (χ1) is 8.40. The van der Waals surface area contributed by atoms with Crippen LogP contribution in [0.2, 0.25) is 0 Å². The first kappa shape index (κ1) is 15.4. The molecule has 0 aromatic carbocycles. The van der Waals surface area contributed by atoms with Gasteiger partial charge in [-0.25, -0.2) is 0 Å². The minimum Gasteiger partial charge on any atom is -0.468 e. The molecule has 0 radical (unpaired) electrons. The van der Waals surface area contributed by atoms with Crippen LogP contribution in [0.1, 0.15) is 40.0 Å². The molecule has 1 aliphatic rings. The molecule has 0 amide bonds. The number of carbonyl (C=O) groups is 1. The van der Waals surface area contributed by atoms with Crippen LogP contribution in [-0.4, -0.2) is 43.7 Å². The van der Waals surface area contributed by atoms with Gasteiger partial charge in [-0.2, -0.15) is 0 Å². The highest BCUT2D eigenvalue weighted by Crippen LogP contribution is 2.34. The number of carbonyl (C=O) groups excluding carboxylic acids is 1. The van der Waals surface area contributed by atoms with Crippen molar-refractivity contribution in [3.8, 4) is 0 Å². The predicted octanol–water partition coefficient (Wildman–Crippen LogP) is 1.63. The third-order valence-corrected chi connectivity index (χ3v) is 4.12. The maximum absolute atomic E-state index is 11.7. The summed E-state index contributed by atoms with van der Waals surface area (Å²) < 4.78 is 4.83. The van der Waals surface area contributed by atoms with Gasteiger partial charge in [0.15, 0.2) is 0 Å². The van der Waals surface area contributed by atoms with Crippen LogP contribution in [0, 0.1) is 11.3 Å². The molecule has 2 atom stereocenters. The van der Waals surface area contributed by atoms with Gasteiger partial charge < -0.3 is 10.5 Å². The van der Waals surface area contributed by atoms with E-state index in [9.17, 15) is 4.79 Å². The number of likely N-dealkylation sites (tertiary alicyclic amines) is 1. The zero-order valence-corrected chi connectivity index (χ0v) is 12.2. The van der Waals surface area contributed by atoms with Crippen molar-refractivity contribution in [2.45, 2.75) is 46.1 Å². The van der Waals surface area contributed by atoms with Crippen molar-refractivity contribution in [2.24, 2.45) is 17.1 Å². The number of hydrogen-bond acceptors (Lipinski definition) is 4. The third kappa shape index (κ3) is 3.95. The van der Waals surface area contributed by atoms with Crippen LogP contribution in [0.3, 0.4) is 0 Å². The Morgan fingerprint density at radius 3 is 2.56 bits per heavy atom. The second-order valence-electron chi connectivity index (χ2n) is 6.30. The number of hydrogen-bond donors (Lipinski definition) is 1. The second kappa shape index (κ2) is 6.53. The van der Waals surface area contributed by atoms with Crippen molar-refractivity contribution in [1.82, 2.24) is 4.90 Å². The van der Waals surface area contributed by atoms with Gasteiger partial charge in [-0.15, -0.1) is 0 Å². The molecule has 1 rings (SSSR count). The largest absolute Gasteiger partial charge is 0.468 e. The van der Waals surface area contributed by atoms with Gasteiger partial charge in [-0.05, 0) is 43.7 Å². The lowest BCUT2D eigenvalue weighted by molar-refractivity contribution is -0.146. The van der Waals surface area contributed by atoms with Crippen molar-refractivity contribution in [3.63, 3.8) is 0 Å². The molecule has 1 saturated heterocycles. The topological polar surface area (TPSA) is 55.6 Å². The standard InChI is InChI=1S/C14H28N2O2/c1-14(2,3)11-6-5-8-16(9-7-11)12(10-15)13(17)18-4/h11-12H,5-10,15H2,1-4H3. The summed E-state index contributed by atoms with van der Waals surface area (Å²) in [5.74, 6) is 0.519. The van der Waals surface area contributed by atoms with E-state index in [1.54, 1.807) is 0 Å². The van der Waals surface area contributed by atoms with Crippen LogP contribution in [0.15, 0.2) is 0 Å². The minimum absolute atomic E-state index is 0.202. The van der Waals surface area contributed by atoms with Crippen LogP contribution in [0.25, 0.3) is 0 Å². The van der Waals surface area contributed by atoms with Crippen LogP contribution >= 0.6 is 0 Å². The first-order valence-corrected chi connectivity index (χ1v) is 6.92. The van der Waals surface area contributed by atoms with E-state index in [4.69, 9.17) is 10.5 Å². The van der Waals surface area contributed by atoms with Crippen LogP contribution in [0.4, 0.5) is 0 Å². The van der Waals surface area contributed by atoms with E-state index >= 15 is 0 Å². The van der Waals surface area contributed by atoms with Crippen LogP contribution in [-0.2, 0) is 9.53 Å². The van der Waals surface area contributed by atoms with Crippen LogP contribution < -0.4 is 5.73 Å². The molecule has 2 unspecified atom stereocenters. The molecule has 0 spiro atoms. The van der Waals surface area contributed by atoms with Gasteiger partial charge in [0.25, 0.3) is 0 Å². The van der Waals surface area contributed by atoms with Crippen molar-refractivity contribution >= 4 is 5.97 Å². The molecule has 2 N–H and O–H groups in total. The van der Waals surface area contributed by atoms with E-state index in [0.717, 1.165) is 31.8 Å². The Morgan fingerprint density at radius 2 is 2.06 bits per heavy atom. The third-order valence-electron chi connectivity index (χ3n) is 4.12. The van der Waals surface area contributed by atoms with E-state index in [2.05, 4.69) is 25.7 Å². The number of methoxy groups -OCH3 is 1. The summed E-state index contributed by atoms with van der Waals surface area (Å²) >= 11 is 0. The maximum atomic E-state index is 11.7. The molecule has 106 valence electrons. The fourth-order valence-corrected chi connectivity index (χ4v) is 2.83. The van der Waals surface area contributed by atoms with Gasteiger partial charge in [0.05, 0.1) is 7.11 Å². The number of nitrogens with zero attached hydrogens (tertiary/aromatic N) is 1. The van der Waals surface area contributed by atoms with Gasteiger partial charge in [0, 0.05) is 6.54 Å². The molecule has 0 aromatic rings. The predicted molar refractivity (Wildman–Crippen MR) is 73.2 cm³/mol. The number of rotatable bonds is 3. The molecule has 0 bridgehead atoms. The Labute approximate surface area is 111 Å². The lowest BCUT2D eigenvalue weighted by atomic mass is 9.77. The number of nitrogens with two attached hydrogens (primary N) is 1. The minimum atomic E-state index is -0.270. The molecule has 0 saturated carbocycles. The summed E-state index contributed by atoms with van der Waals surface area (Å²) in [6.07, 6.45) is 3.50.